The van der Waals surface area contributed by atoms with Crippen molar-refractivity contribution in [3.63, 3.8) is 0 Å². The van der Waals surface area contributed by atoms with E-state index in [1.54, 1.807) is 0 Å². The smallest absolute Gasteiger partial charge is 0.321 e. The molecule has 0 aromatic heterocycles. The molecule has 4 nitrogen and oxygen atoms in total. The van der Waals surface area contributed by atoms with Crippen molar-refractivity contribution in [2.45, 2.75) is 44.0 Å². The molecule has 2 atom stereocenters. The van der Waals surface area contributed by atoms with E-state index in [-0.39, 0.29) is 12.1 Å². The number of hydrogen-bond donors (Lipinski definition) is 1. The normalized spacial score (nSPS) is 32.4. The van der Waals surface area contributed by atoms with Gasteiger partial charge in [0.1, 0.15) is 5.75 Å². The van der Waals surface area contributed by atoms with Crippen LogP contribution in [0.15, 0.2) is 18.2 Å². The Kier molecular flexibility index (Phi) is 2.14. The summed E-state index contributed by atoms with van der Waals surface area (Å²) in [5.41, 5.74) is 0.403. The van der Waals surface area contributed by atoms with Crippen molar-refractivity contribution in [2.24, 2.45) is 0 Å². The third kappa shape index (κ3) is 1.56. The molecule has 1 saturated heterocycles. The number of nitrogens with zero attached hydrogens (tertiary/aromatic N) is 1. The first kappa shape index (κ1) is 11.4. The molecule has 2 unspecified atom stereocenters. The van der Waals surface area contributed by atoms with E-state index in [0.29, 0.717) is 16.8 Å². The van der Waals surface area contributed by atoms with Crippen molar-refractivity contribution in [3.05, 3.63) is 28.8 Å². The molecule has 1 N–H and O–H groups in total. The molecule has 1 aromatic rings. The molecule has 5 heteroatoms. The van der Waals surface area contributed by atoms with Crippen LogP contribution in [0.4, 0.5) is 4.79 Å². The zero-order chi connectivity index (χ0) is 13.2. The van der Waals surface area contributed by atoms with Crippen molar-refractivity contribution < 1.29 is 9.53 Å². The minimum absolute atomic E-state index is 0.00468. The molecular weight excluding hydrogens is 264 g/mol. The van der Waals surface area contributed by atoms with Gasteiger partial charge in [0.15, 0.2) is 5.72 Å². The second-order valence-corrected chi connectivity index (χ2v) is 6.15. The SMILES string of the molecule is CC12CC(NC(=O)N1C1CC1)c1cccc(Cl)c1O2. The van der Waals surface area contributed by atoms with Crippen LogP contribution in [0.1, 0.15) is 37.8 Å². The maximum Gasteiger partial charge on any atom is 0.321 e. The molecule has 2 amide bonds. The lowest BCUT2D eigenvalue weighted by atomic mass is 9.90. The second-order valence-electron chi connectivity index (χ2n) is 5.74. The summed E-state index contributed by atoms with van der Waals surface area (Å²) in [5.74, 6) is 0.716. The summed E-state index contributed by atoms with van der Waals surface area (Å²) in [5, 5.41) is 3.69. The predicted octanol–water partition coefficient (Wildman–Crippen LogP) is 3.07. The van der Waals surface area contributed by atoms with Gasteiger partial charge in [-0.15, -0.1) is 0 Å². The van der Waals surface area contributed by atoms with Crippen LogP contribution in [0, 0.1) is 0 Å². The number of ether oxygens (including phenoxy) is 1. The Morgan fingerprint density at radius 2 is 2.26 bits per heavy atom. The minimum atomic E-state index is -0.577. The van der Waals surface area contributed by atoms with Crippen LogP contribution in [0.3, 0.4) is 0 Å². The summed E-state index contributed by atoms with van der Waals surface area (Å²) in [4.78, 5) is 14.1. The number of benzene rings is 1. The molecule has 2 aliphatic heterocycles. The lowest BCUT2D eigenvalue weighted by Gasteiger charge is -2.51. The zero-order valence-electron chi connectivity index (χ0n) is 10.6. The number of hydrogen-bond acceptors (Lipinski definition) is 2. The Morgan fingerprint density at radius 3 is 3.00 bits per heavy atom. The number of carbonyl (C=O) groups excluding carboxylic acids is 1. The predicted molar refractivity (Wildman–Crippen MR) is 71.2 cm³/mol. The Bertz CT molecular complexity index is 573. The van der Waals surface area contributed by atoms with Crippen LogP contribution in [0.2, 0.25) is 5.02 Å². The summed E-state index contributed by atoms with van der Waals surface area (Å²) in [6, 6.07) is 5.98. The van der Waals surface area contributed by atoms with E-state index in [1.807, 2.05) is 30.0 Å². The van der Waals surface area contributed by atoms with Crippen LogP contribution in [0.25, 0.3) is 0 Å². The third-order valence-corrected chi connectivity index (χ3v) is 4.51. The minimum Gasteiger partial charge on any atom is -0.466 e. The van der Waals surface area contributed by atoms with Gasteiger partial charge in [0.05, 0.1) is 11.1 Å². The van der Waals surface area contributed by atoms with Gasteiger partial charge in [-0.1, -0.05) is 23.7 Å². The van der Waals surface area contributed by atoms with Crippen molar-refractivity contribution >= 4 is 17.6 Å². The van der Waals surface area contributed by atoms with Crippen LogP contribution in [-0.4, -0.2) is 22.7 Å². The average Bonchev–Trinajstić information content (AvgIpc) is 3.14. The third-order valence-electron chi connectivity index (χ3n) is 4.22. The molecule has 19 heavy (non-hydrogen) atoms. The highest BCUT2D eigenvalue weighted by Crippen LogP contribution is 2.49. The Labute approximate surface area is 116 Å². The first-order valence-corrected chi connectivity index (χ1v) is 7.03. The monoisotopic (exact) mass is 278 g/mol. The maximum absolute atomic E-state index is 12.3. The van der Waals surface area contributed by atoms with Crippen molar-refractivity contribution in [3.8, 4) is 5.75 Å². The fraction of sp³-hybridized carbons (Fsp3) is 0.500. The number of para-hydroxylation sites is 1. The highest BCUT2D eigenvalue weighted by molar-refractivity contribution is 6.32. The van der Waals surface area contributed by atoms with Gasteiger partial charge < -0.3 is 10.1 Å². The standard InChI is InChI=1S/C14H15ClN2O2/c1-14-7-11(16-13(18)17(14)8-5-6-8)9-3-2-4-10(15)12(9)19-14/h2-4,8,11H,5-7H2,1H3,(H,16,18). The number of rotatable bonds is 1. The highest BCUT2D eigenvalue weighted by Gasteiger charge is 2.53. The first-order valence-electron chi connectivity index (χ1n) is 6.66. The molecule has 1 aromatic carbocycles. The van der Waals surface area contributed by atoms with E-state index >= 15 is 0 Å². The van der Waals surface area contributed by atoms with Crippen LogP contribution in [0.5, 0.6) is 5.75 Å². The first-order chi connectivity index (χ1) is 9.08. The molecule has 4 rings (SSSR count). The number of halogens is 1. The van der Waals surface area contributed by atoms with E-state index in [9.17, 15) is 4.79 Å². The summed E-state index contributed by atoms with van der Waals surface area (Å²) < 4.78 is 6.14. The Balaban J connectivity index is 1.83. The topological polar surface area (TPSA) is 41.6 Å². The molecule has 1 saturated carbocycles. The van der Waals surface area contributed by atoms with Crippen LogP contribution >= 0.6 is 11.6 Å². The van der Waals surface area contributed by atoms with Crippen LogP contribution in [-0.2, 0) is 0 Å². The lowest BCUT2D eigenvalue weighted by molar-refractivity contribution is -0.0877. The van der Waals surface area contributed by atoms with E-state index in [1.165, 1.54) is 0 Å². The summed E-state index contributed by atoms with van der Waals surface area (Å²) in [7, 11) is 0. The van der Waals surface area contributed by atoms with Gasteiger partial charge in [0.25, 0.3) is 0 Å². The van der Waals surface area contributed by atoms with Gasteiger partial charge in [-0.05, 0) is 25.8 Å². The van der Waals surface area contributed by atoms with Gasteiger partial charge in [-0.3, -0.25) is 4.90 Å². The van der Waals surface area contributed by atoms with Crippen molar-refractivity contribution in [1.82, 2.24) is 10.2 Å². The van der Waals surface area contributed by atoms with E-state index < -0.39 is 5.72 Å². The van der Waals surface area contributed by atoms with Gasteiger partial charge >= 0.3 is 6.03 Å². The molecule has 2 bridgehead atoms. The Hall–Kier alpha value is -1.42. The maximum atomic E-state index is 12.3. The molecule has 3 aliphatic rings. The zero-order valence-corrected chi connectivity index (χ0v) is 11.4. The number of urea groups is 1. The molecule has 2 fully saturated rings. The number of carbonyl (C=O) groups is 1. The summed E-state index contributed by atoms with van der Waals surface area (Å²) in [6.45, 7) is 1.99. The van der Waals surface area contributed by atoms with Crippen molar-refractivity contribution in [2.75, 3.05) is 0 Å². The molecule has 100 valence electrons. The van der Waals surface area contributed by atoms with E-state index in [0.717, 1.165) is 24.8 Å². The fourth-order valence-corrected chi connectivity index (χ4v) is 3.47. The lowest BCUT2D eigenvalue weighted by Crippen LogP contribution is -2.65. The van der Waals surface area contributed by atoms with Gasteiger partial charge in [0, 0.05) is 18.0 Å². The summed E-state index contributed by atoms with van der Waals surface area (Å²) >= 11 is 6.24. The average molecular weight is 279 g/mol. The highest BCUT2D eigenvalue weighted by atomic mass is 35.5. The van der Waals surface area contributed by atoms with Gasteiger partial charge in [-0.2, -0.15) is 0 Å². The van der Waals surface area contributed by atoms with Gasteiger partial charge in [-0.25, -0.2) is 4.79 Å². The van der Waals surface area contributed by atoms with E-state index in [4.69, 9.17) is 16.3 Å². The quantitative estimate of drug-likeness (QED) is 0.858. The molecule has 0 spiro atoms. The second kappa shape index (κ2) is 3.57. The molecule has 2 heterocycles. The summed E-state index contributed by atoms with van der Waals surface area (Å²) in [6.07, 6.45) is 2.89. The number of fused-ring (bicyclic) bond motifs is 4. The van der Waals surface area contributed by atoms with Gasteiger partial charge in [0.2, 0.25) is 0 Å². The van der Waals surface area contributed by atoms with E-state index in [2.05, 4.69) is 5.32 Å². The number of amides is 2. The molecular formula is C14H15ClN2O2. The number of nitrogens with one attached hydrogen (secondary N) is 1. The fourth-order valence-electron chi connectivity index (χ4n) is 3.25. The Morgan fingerprint density at radius 1 is 1.47 bits per heavy atom. The van der Waals surface area contributed by atoms with Crippen molar-refractivity contribution in [1.29, 1.82) is 0 Å². The van der Waals surface area contributed by atoms with Crippen LogP contribution < -0.4 is 10.1 Å². The largest absolute Gasteiger partial charge is 0.466 e. The molecule has 1 aliphatic carbocycles. The molecule has 0 radical (unpaired) electrons.